The van der Waals surface area contributed by atoms with Crippen molar-refractivity contribution in [2.24, 2.45) is 11.8 Å². The third-order valence-electron chi connectivity index (χ3n) is 3.00. The van der Waals surface area contributed by atoms with E-state index in [4.69, 9.17) is 11.6 Å². The fraction of sp³-hybridized carbons (Fsp3) is 0.923. The van der Waals surface area contributed by atoms with Crippen LogP contribution in [-0.4, -0.2) is 18.3 Å². The van der Waals surface area contributed by atoms with Gasteiger partial charge in [-0.15, -0.1) is 11.6 Å². The lowest BCUT2D eigenvalue weighted by molar-refractivity contribution is -0.125. The fourth-order valence-electron chi connectivity index (χ4n) is 1.68. The predicted molar refractivity (Wildman–Crippen MR) is 70.8 cm³/mol. The third-order valence-corrected chi connectivity index (χ3v) is 3.21. The molecule has 0 heterocycles. The van der Waals surface area contributed by atoms with Crippen LogP contribution in [-0.2, 0) is 4.79 Å². The van der Waals surface area contributed by atoms with Crippen molar-refractivity contribution in [3.63, 3.8) is 0 Å². The Morgan fingerprint density at radius 3 is 2.50 bits per heavy atom. The zero-order valence-corrected chi connectivity index (χ0v) is 11.6. The maximum Gasteiger partial charge on any atom is 0.223 e. The first kappa shape index (κ1) is 15.8. The van der Waals surface area contributed by atoms with Gasteiger partial charge in [0, 0.05) is 18.3 Å². The highest BCUT2D eigenvalue weighted by Crippen LogP contribution is 2.13. The van der Waals surface area contributed by atoms with Crippen LogP contribution in [0.25, 0.3) is 0 Å². The number of halogens is 1. The van der Waals surface area contributed by atoms with Gasteiger partial charge in [-0.25, -0.2) is 0 Å². The summed E-state index contributed by atoms with van der Waals surface area (Å²) in [7, 11) is 0. The Balaban J connectivity index is 3.82. The molecular weight excluding hydrogens is 222 g/mol. The Labute approximate surface area is 105 Å². The minimum atomic E-state index is 0.197. The van der Waals surface area contributed by atoms with E-state index in [0.717, 1.165) is 38.6 Å². The van der Waals surface area contributed by atoms with Crippen molar-refractivity contribution < 1.29 is 4.79 Å². The van der Waals surface area contributed by atoms with Crippen LogP contribution in [0.3, 0.4) is 0 Å². The van der Waals surface area contributed by atoms with Gasteiger partial charge in [-0.05, 0) is 25.2 Å². The number of hydrogen-bond acceptors (Lipinski definition) is 1. The van der Waals surface area contributed by atoms with Gasteiger partial charge in [0.1, 0.15) is 0 Å². The van der Waals surface area contributed by atoms with Crippen LogP contribution in [0.4, 0.5) is 0 Å². The second kappa shape index (κ2) is 9.95. The predicted octanol–water partition coefficient (Wildman–Crippen LogP) is 3.58. The Kier molecular flexibility index (Phi) is 9.80. The molecule has 0 aromatic heterocycles. The van der Waals surface area contributed by atoms with Crippen molar-refractivity contribution in [2.75, 3.05) is 12.4 Å². The van der Waals surface area contributed by atoms with Crippen molar-refractivity contribution in [1.82, 2.24) is 5.32 Å². The van der Waals surface area contributed by atoms with Gasteiger partial charge >= 0.3 is 0 Å². The standard InChI is InChI=1S/C13H26ClNO/c1-4-6-7-12(5-2)13(16)15-10-11(3)8-9-14/h11-12H,4-10H2,1-3H3,(H,15,16). The van der Waals surface area contributed by atoms with E-state index in [-0.39, 0.29) is 11.8 Å². The lowest BCUT2D eigenvalue weighted by Crippen LogP contribution is -2.33. The monoisotopic (exact) mass is 247 g/mol. The molecule has 0 radical (unpaired) electrons. The molecule has 3 heteroatoms. The highest BCUT2D eigenvalue weighted by Gasteiger charge is 2.15. The van der Waals surface area contributed by atoms with Crippen LogP contribution < -0.4 is 5.32 Å². The summed E-state index contributed by atoms with van der Waals surface area (Å²) in [6.45, 7) is 7.12. The van der Waals surface area contributed by atoms with E-state index < -0.39 is 0 Å². The summed E-state index contributed by atoms with van der Waals surface area (Å²) in [6.07, 6.45) is 5.22. The first-order chi connectivity index (χ1) is 7.65. The molecule has 0 aromatic carbocycles. The van der Waals surface area contributed by atoms with Crippen LogP contribution in [0.5, 0.6) is 0 Å². The molecule has 0 saturated heterocycles. The summed E-state index contributed by atoms with van der Waals surface area (Å²) in [6, 6.07) is 0. The lowest BCUT2D eigenvalue weighted by Gasteiger charge is -2.16. The summed E-state index contributed by atoms with van der Waals surface area (Å²) in [5, 5.41) is 3.03. The number of rotatable bonds is 9. The summed E-state index contributed by atoms with van der Waals surface area (Å²) < 4.78 is 0. The number of unbranched alkanes of at least 4 members (excludes halogenated alkanes) is 1. The highest BCUT2D eigenvalue weighted by atomic mass is 35.5. The first-order valence-corrected chi connectivity index (χ1v) is 7.02. The van der Waals surface area contributed by atoms with Gasteiger partial charge < -0.3 is 5.32 Å². The molecule has 2 nitrogen and oxygen atoms in total. The minimum absolute atomic E-state index is 0.197. The molecule has 0 rings (SSSR count). The molecule has 0 fully saturated rings. The number of carbonyl (C=O) groups is 1. The minimum Gasteiger partial charge on any atom is -0.356 e. The van der Waals surface area contributed by atoms with Crippen molar-refractivity contribution in [2.45, 2.75) is 52.9 Å². The average Bonchev–Trinajstić information content (AvgIpc) is 2.28. The quantitative estimate of drug-likeness (QED) is 0.620. The van der Waals surface area contributed by atoms with Crippen molar-refractivity contribution in [1.29, 1.82) is 0 Å². The number of nitrogens with one attached hydrogen (secondary N) is 1. The van der Waals surface area contributed by atoms with E-state index in [9.17, 15) is 4.79 Å². The third kappa shape index (κ3) is 7.10. The number of alkyl halides is 1. The molecule has 0 aliphatic heterocycles. The molecule has 1 amide bonds. The molecule has 0 saturated carbocycles. The largest absolute Gasteiger partial charge is 0.356 e. The van der Waals surface area contributed by atoms with Gasteiger partial charge in [0.05, 0.1) is 0 Å². The molecule has 0 aromatic rings. The topological polar surface area (TPSA) is 29.1 Å². The van der Waals surface area contributed by atoms with Crippen molar-refractivity contribution in [3.8, 4) is 0 Å². The molecule has 2 atom stereocenters. The van der Waals surface area contributed by atoms with Gasteiger partial charge in [0.15, 0.2) is 0 Å². The summed E-state index contributed by atoms with van der Waals surface area (Å²) in [5.74, 6) is 1.56. The van der Waals surface area contributed by atoms with Crippen molar-refractivity contribution in [3.05, 3.63) is 0 Å². The average molecular weight is 248 g/mol. The number of amides is 1. The Morgan fingerprint density at radius 1 is 1.31 bits per heavy atom. The lowest BCUT2D eigenvalue weighted by atomic mass is 9.98. The summed E-state index contributed by atoms with van der Waals surface area (Å²) in [4.78, 5) is 11.8. The molecule has 16 heavy (non-hydrogen) atoms. The van der Waals surface area contributed by atoms with E-state index in [2.05, 4.69) is 26.1 Å². The Hall–Kier alpha value is -0.240. The summed E-state index contributed by atoms with van der Waals surface area (Å²) >= 11 is 5.66. The van der Waals surface area contributed by atoms with Crippen LogP contribution in [0.15, 0.2) is 0 Å². The van der Waals surface area contributed by atoms with E-state index >= 15 is 0 Å². The van der Waals surface area contributed by atoms with E-state index in [1.807, 2.05) is 0 Å². The molecule has 1 N–H and O–H groups in total. The van der Waals surface area contributed by atoms with E-state index in [1.165, 1.54) is 0 Å². The van der Waals surface area contributed by atoms with Crippen LogP contribution >= 0.6 is 11.6 Å². The maximum atomic E-state index is 11.8. The van der Waals surface area contributed by atoms with Gasteiger partial charge in [-0.2, -0.15) is 0 Å². The Bertz CT molecular complexity index is 185. The second-order valence-corrected chi connectivity index (χ2v) is 4.95. The van der Waals surface area contributed by atoms with Gasteiger partial charge in [-0.1, -0.05) is 33.6 Å². The van der Waals surface area contributed by atoms with Crippen LogP contribution in [0.2, 0.25) is 0 Å². The van der Waals surface area contributed by atoms with E-state index in [0.29, 0.717) is 11.8 Å². The van der Waals surface area contributed by atoms with Crippen molar-refractivity contribution >= 4 is 17.5 Å². The molecule has 96 valence electrons. The zero-order chi connectivity index (χ0) is 12.4. The van der Waals surface area contributed by atoms with Gasteiger partial charge in [0.2, 0.25) is 5.91 Å². The molecular formula is C13H26ClNO. The van der Waals surface area contributed by atoms with Gasteiger partial charge in [0.25, 0.3) is 0 Å². The maximum absolute atomic E-state index is 11.8. The molecule has 0 spiro atoms. The second-order valence-electron chi connectivity index (χ2n) is 4.58. The fourth-order valence-corrected chi connectivity index (χ4v) is 2.05. The SMILES string of the molecule is CCCCC(CC)C(=O)NCC(C)CCCl. The first-order valence-electron chi connectivity index (χ1n) is 6.49. The van der Waals surface area contributed by atoms with Crippen LogP contribution in [0, 0.1) is 11.8 Å². The number of hydrogen-bond donors (Lipinski definition) is 1. The molecule has 2 unspecified atom stereocenters. The normalized spacial score (nSPS) is 14.5. The molecule has 0 aliphatic rings. The smallest absolute Gasteiger partial charge is 0.223 e. The van der Waals surface area contributed by atoms with Gasteiger partial charge in [-0.3, -0.25) is 4.79 Å². The summed E-state index contributed by atoms with van der Waals surface area (Å²) in [5.41, 5.74) is 0. The molecule has 0 bridgehead atoms. The molecule has 0 aliphatic carbocycles. The number of carbonyl (C=O) groups excluding carboxylic acids is 1. The zero-order valence-electron chi connectivity index (χ0n) is 10.9. The van der Waals surface area contributed by atoms with E-state index in [1.54, 1.807) is 0 Å². The van der Waals surface area contributed by atoms with Crippen LogP contribution in [0.1, 0.15) is 52.9 Å². The highest BCUT2D eigenvalue weighted by molar-refractivity contribution is 6.17. The Morgan fingerprint density at radius 2 is 2.00 bits per heavy atom.